The van der Waals surface area contributed by atoms with Crippen LogP contribution in [0.4, 0.5) is 0 Å². The molecule has 1 aliphatic heterocycles. The molecule has 1 N–H and O–H groups in total. The van der Waals surface area contributed by atoms with Crippen LogP contribution in [0.15, 0.2) is 0 Å². The van der Waals surface area contributed by atoms with Gasteiger partial charge in [0.2, 0.25) is 0 Å². The second-order valence-corrected chi connectivity index (χ2v) is 5.60. The first-order valence-electron chi connectivity index (χ1n) is 7.04. The van der Waals surface area contributed by atoms with Crippen molar-refractivity contribution in [2.24, 2.45) is 0 Å². The molecule has 1 fully saturated rings. The first-order chi connectivity index (χ1) is 8.12. The van der Waals surface area contributed by atoms with Crippen LogP contribution in [0.25, 0.3) is 0 Å². The molecule has 0 aromatic carbocycles. The zero-order chi connectivity index (χ0) is 12.7. The van der Waals surface area contributed by atoms with Crippen molar-refractivity contribution in [3.05, 3.63) is 0 Å². The Bertz CT molecular complexity index is 246. The molecule has 1 unspecified atom stereocenters. The lowest BCUT2D eigenvalue weighted by Crippen LogP contribution is -2.57. The van der Waals surface area contributed by atoms with Gasteiger partial charge in [-0.2, -0.15) is 0 Å². The van der Waals surface area contributed by atoms with E-state index in [2.05, 4.69) is 36.9 Å². The molecule has 0 aromatic heterocycles. The van der Waals surface area contributed by atoms with E-state index in [9.17, 15) is 0 Å². The van der Waals surface area contributed by atoms with E-state index in [1.165, 1.54) is 32.4 Å². The normalized spacial score (nSPS) is 19.2. The summed E-state index contributed by atoms with van der Waals surface area (Å²) in [5.74, 6) is 2.78. The van der Waals surface area contributed by atoms with Crippen molar-refractivity contribution in [2.75, 3.05) is 19.6 Å². The van der Waals surface area contributed by atoms with Crippen LogP contribution in [-0.2, 0) is 0 Å². The van der Waals surface area contributed by atoms with Crippen molar-refractivity contribution < 1.29 is 0 Å². The number of hydrogen-bond donors (Lipinski definition) is 1. The van der Waals surface area contributed by atoms with Crippen molar-refractivity contribution in [3.8, 4) is 12.3 Å². The number of rotatable bonds is 7. The Morgan fingerprint density at radius 2 is 2.00 bits per heavy atom. The fraction of sp³-hybridized carbons (Fsp3) is 0.867. The molecular weight excluding hydrogens is 208 g/mol. The van der Waals surface area contributed by atoms with Crippen molar-refractivity contribution in [1.82, 2.24) is 10.2 Å². The van der Waals surface area contributed by atoms with Crippen LogP contribution in [0.5, 0.6) is 0 Å². The van der Waals surface area contributed by atoms with E-state index >= 15 is 0 Å². The predicted molar refractivity (Wildman–Crippen MR) is 75.0 cm³/mol. The van der Waals surface area contributed by atoms with Crippen molar-refractivity contribution in [3.63, 3.8) is 0 Å². The summed E-state index contributed by atoms with van der Waals surface area (Å²) in [4.78, 5) is 2.62. The van der Waals surface area contributed by atoms with E-state index in [4.69, 9.17) is 6.42 Å². The number of likely N-dealkylation sites (tertiary alicyclic amines) is 1. The number of terminal acetylenes is 1. The van der Waals surface area contributed by atoms with E-state index in [0.717, 1.165) is 19.4 Å². The molecule has 17 heavy (non-hydrogen) atoms. The second-order valence-electron chi connectivity index (χ2n) is 5.60. The van der Waals surface area contributed by atoms with Crippen LogP contribution in [0.3, 0.4) is 0 Å². The maximum atomic E-state index is 5.41. The van der Waals surface area contributed by atoms with Gasteiger partial charge in [-0.3, -0.25) is 4.90 Å². The fourth-order valence-corrected chi connectivity index (χ4v) is 2.77. The van der Waals surface area contributed by atoms with Gasteiger partial charge in [0, 0.05) is 18.0 Å². The molecule has 2 heteroatoms. The summed E-state index contributed by atoms with van der Waals surface area (Å²) in [5, 5.41) is 3.68. The van der Waals surface area contributed by atoms with Crippen LogP contribution in [-0.4, -0.2) is 36.1 Å². The summed E-state index contributed by atoms with van der Waals surface area (Å²) in [6, 6.07) is 0.511. The smallest absolute Gasteiger partial charge is 0.0306 e. The molecule has 1 rings (SSSR count). The summed E-state index contributed by atoms with van der Waals surface area (Å²) in [6.07, 6.45) is 11.2. The van der Waals surface area contributed by atoms with E-state index in [1.807, 2.05) is 0 Å². The van der Waals surface area contributed by atoms with Gasteiger partial charge in [0.15, 0.2) is 0 Å². The van der Waals surface area contributed by atoms with Gasteiger partial charge in [0.25, 0.3) is 0 Å². The van der Waals surface area contributed by atoms with Gasteiger partial charge in [0.1, 0.15) is 0 Å². The lowest BCUT2D eigenvalue weighted by molar-refractivity contribution is 0.103. The Balaban J connectivity index is 2.61. The third-order valence-corrected chi connectivity index (χ3v) is 3.99. The highest BCUT2D eigenvalue weighted by Gasteiger charge is 2.35. The SMILES string of the molecule is C#CCCC(NCCC)C(C)(C)N1CCCC1. The molecule has 1 atom stereocenters. The van der Waals surface area contributed by atoms with Crippen LogP contribution in [0, 0.1) is 12.3 Å². The first kappa shape index (κ1) is 14.5. The number of hydrogen-bond acceptors (Lipinski definition) is 2. The molecule has 0 aromatic rings. The van der Waals surface area contributed by atoms with E-state index < -0.39 is 0 Å². The standard InChI is InChI=1S/C15H28N2/c1-5-7-10-14(16-11-6-2)15(3,4)17-12-8-9-13-17/h1,14,16H,6-13H2,2-4H3. The second kappa shape index (κ2) is 7.03. The minimum Gasteiger partial charge on any atom is -0.312 e. The van der Waals surface area contributed by atoms with Gasteiger partial charge in [-0.25, -0.2) is 0 Å². The van der Waals surface area contributed by atoms with Crippen LogP contribution in [0.2, 0.25) is 0 Å². The minimum absolute atomic E-state index is 0.225. The van der Waals surface area contributed by atoms with Crippen LogP contribution < -0.4 is 5.32 Å². The molecule has 0 amide bonds. The largest absolute Gasteiger partial charge is 0.312 e. The first-order valence-corrected chi connectivity index (χ1v) is 7.04. The van der Waals surface area contributed by atoms with Gasteiger partial charge >= 0.3 is 0 Å². The Hall–Kier alpha value is -0.520. The monoisotopic (exact) mass is 236 g/mol. The molecule has 0 bridgehead atoms. The average Bonchev–Trinajstić information content (AvgIpc) is 2.83. The van der Waals surface area contributed by atoms with Gasteiger partial charge in [0.05, 0.1) is 0 Å². The molecule has 0 saturated carbocycles. The van der Waals surface area contributed by atoms with Crippen molar-refractivity contribution in [1.29, 1.82) is 0 Å². The maximum absolute atomic E-state index is 5.41. The van der Waals surface area contributed by atoms with Crippen LogP contribution in [0.1, 0.15) is 52.9 Å². The summed E-state index contributed by atoms with van der Waals surface area (Å²) in [5.41, 5.74) is 0.225. The molecule has 2 nitrogen and oxygen atoms in total. The van der Waals surface area contributed by atoms with Gasteiger partial charge in [-0.05, 0) is 59.2 Å². The molecule has 0 aliphatic carbocycles. The molecule has 1 saturated heterocycles. The summed E-state index contributed by atoms with van der Waals surface area (Å²) < 4.78 is 0. The highest BCUT2D eigenvalue weighted by atomic mass is 15.2. The molecule has 1 aliphatic rings. The average molecular weight is 236 g/mol. The van der Waals surface area contributed by atoms with E-state index in [-0.39, 0.29) is 5.54 Å². The Labute approximate surface area is 107 Å². The zero-order valence-corrected chi connectivity index (χ0v) is 11.8. The highest BCUT2D eigenvalue weighted by Crippen LogP contribution is 2.26. The fourth-order valence-electron chi connectivity index (χ4n) is 2.77. The Morgan fingerprint density at radius 3 is 2.53 bits per heavy atom. The quantitative estimate of drug-likeness (QED) is 0.684. The third kappa shape index (κ3) is 4.01. The topological polar surface area (TPSA) is 15.3 Å². The lowest BCUT2D eigenvalue weighted by atomic mass is 9.89. The van der Waals surface area contributed by atoms with E-state index in [1.54, 1.807) is 0 Å². The van der Waals surface area contributed by atoms with Crippen molar-refractivity contribution >= 4 is 0 Å². The lowest BCUT2D eigenvalue weighted by Gasteiger charge is -2.42. The van der Waals surface area contributed by atoms with Gasteiger partial charge in [-0.15, -0.1) is 12.3 Å². The van der Waals surface area contributed by atoms with Crippen molar-refractivity contribution in [2.45, 2.75) is 64.5 Å². The Morgan fingerprint density at radius 1 is 1.35 bits per heavy atom. The third-order valence-electron chi connectivity index (χ3n) is 3.99. The number of nitrogens with zero attached hydrogens (tertiary/aromatic N) is 1. The Kier molecular flexibility index (Phi) is 6.02. The zero-order valence-electron chi connectivity index (χ0n) is 11.8. The summed E-state index contributed by atoms with van der Waals surface area (Å²) in [7, 11) is 0. The predicted octanol–water partition coefficient (Wildman–Crippen LogP) is 2.64. The molecule has 98 valence electrons. The summed E-state index contributed by atoms with van der Waals surface area (Å²) in [6.45, 7) is 10.5. The molecular formula is C15H28N2. The highest BCUT2D eigenvalue weighted by molar-refractivity contribution is 4.97. The number of nitrogens with one attached hydrogen (secondary N) is 1. The maximum Gasteiger partial charge on any atom is 0.0306 e. The molecule has 0 radical (unpaired) electrons. The van der Waals surface area contributed by atoms with Crippen LogP contribution >= 0.6 is 0 Å². The minimum atomic E-state index is 0.225. The van der Waals surface area contributed by atoms with Gasteiger partial charge in [-0.1, -0.05) is 6.92 Å². The summed E-state index contributed by atoms with van der Waals surface area (Å²) >= 11 is 0. The molecule has 0 spiro atoms. The molecule has 1 heterocycles. The van der Waals surface area contributed by atoms with Gasteiger partial charge < -0.3 is 5.32 Å². The van der Waals surface area contributed by atoms with E-state index in [0.29, 0.717) is 6.04 Å².